The predicted octanol–water partition coefficient (Wildman–Crippen LogP) is 2.92. The van der Waals surface area contributed by atoms with E-state index < -0.39 is 0 Å². The summed E-state index contributed by atoms with van der Waals surface area (Å²) >= 11 is 0. The summed E-state index contributed by atoms with van der Waals surface area (Å²) in [7, 11) is 0. The van der Waals surface area contributed by atoms with E-state index in [1.54, 1.807) is 0 Å². The Kier molecular flexibility index (Phi) is 4.77. The number of nitrogens with zero attached hydrogens (tertiary/aromatic N) is 2. The maximum absolute atomic E-state index is 12.8. The summed E-state index contributed by atoms with van der Waals surface area (Å²) in [6.07, 6.45) is 1.64. The summed E-state index contributed by atoms with van der Waals surface area (Å²) in [6.45, 7) is 11.6. The predicted molar refractivity (Wildman–Crippen MR) is 84.6 cm³/mol. The largest absolute Gasteiger partial charge is 0.393 e. The third-order valence-corrected chi connectivity index (χ3v) is 4.66. The third kappa shape index (κ3) is 3.15. The van der Waals surface area contributed by atoms with Gasteiger partial charge in [0.1, 0.15) is 0 Å². The van der Waals surface area contributed by atoms with Crippen molar-refractivity contribution in [3.05, 3.63) is 23.0 Å². The number of aliphatic hydroxyl groups is 1. The number of amides is 1. The molecule has 1 amide bonds. The highest BCUT2D eigenvalue weighted by Gasteiger charge is 2.29. The fraction of sp³-hybridized carbons (Fsp3) is 0.706. The van der Waals surface area contributed by atoms with E-state index in [1.807, 2.05) is 24.8 Å². The minimum absolute atomic E-state index is 0.111. The highest BCUT2D eigenvalue weighted by atomic mass is 16.3. The first-order chi connectivity index (χ1) is 9.82. The van der Waals surface area contributed by atoms with Crippen molar-refractivity contribution in [3.8, 4) is 0 Å². The van der Waals surface area contributed by atoms with Crippen molar-refractivity contribution in [1.29, 1.82) is 0 Å². The van der Waals surface area contributed by atoms with Crippen LogP contribution in [0, 0.1) is 19.8 Å². The molecule has 1 saturated heterocycles. The van der Waals surface area contributed by atoms with Crippen LogP contribution in [0.5, 0.6) is 0 Å². The fourth-order valence-electron chi connectivity index (χ4n) is 3.55. The van der Waals surface area contributed by atoms with Gasteiger partial charge in [-0.05, 0) is 53.5 Å². The summed E-state index contributed by atoms with van der Waals surface area (Å²) in [6, 6.07) is 2.36. The zero-order valence-corrected chi connectivity index (χ0v) is 13.9. The zero-order chi connectivity index (χ0) is 15.7. The van der Waals surface area contributed by atoms with Gasteiger partial charge in [0.15, 0.2) is 0 Å². The van der Waals surface area contributed by atoms with Crippen molar-refractivity contribution in [1.82, 2.24) is 9.47 Å². The number of rotatable bonds is 3. The summed E-state index contributed by atoms with van der Waals surface area (Å²) < 4.78 is 2.21. The van der Waals surface area contributed by atoms with Gasteiger partial charge in [-0.25, -0.2) is 0 Å². The lowest BCUT2D eigenvalue weighted by Gasteiger charge is -2.34. The van der Waals surface area contributed by atoms with Gasteiger partial charge in [0.2, 0.25) is 0 Å². The van der Waals surface area contributed by atoms with Crippen molar-refractivity contribution in [2.45, 2.75) is 59.6 Å². The van der Waals surface area contributed by atoms with E-state index in [4.69, 9.17) is 0 Å². The highest BCUT2D eigenvalue weighted by Crippen LogP contribution is 2.25. The van der Waals surface area contributed by atoms with E-state index >= 15 is 0 Å². The Morgan fingerprint density at radius 1 is 1.33 bits per heavy atom. The van der Waals surface area contributed by atoms with Crippen LogP contribution in [-0.2, 0) is 0 Å². The first-order valence-corrected chi connectivity index (χ1v) is 7.98. The molecule has 2 atom stereocenters. The smallest absolute Gasteiger partial charge is 0.255 e. The minimum atomic E-state index is -0.344. The second-order valence-electron chi connectivity index (χ2n) is 6.64. The molecule has 1 aliphatic heterocycles. The standard InChI is InChI=1S/C17H28N2O2/c1-11(2)19-12(3)9-16(13(19)4)17(21)18-8-6-7-15(10-18)14(5)20/h9,11,14-15,20H,6-8,10H2,1-5H3. The number of likely N-dealkylation sites (tertiary alicyclic amines) is 1. The van der Waals surface area contributed by atoms with Gasteiger partial charge in [-0.1, -0.05) is 0 Å². The van der Waals surface area contributed by atoms with Crippen molar-refractivity contribution < 1.29 is 9.90 Å². The molecular weight excluding hydrogens is 264 g/mol. The molecule has 21 heavy (non-hydrogen) atoms. The second-order valence-corrected chi connectivity index (χ2v) is 6.64. The molecule has 4 nitrogen and oxygen atoms in total. The number of aryl methyl sites for hydroxylation is 1. The third-order valence-electron chi connectivity index (χ3n) is 4.66. The van der Waals surface area contributed by atoms with Crippen LogP contribution in [0.25, 0.3) is 0 Å². The summed E-state index contributed by atoms with van der Waals surface area (Å²) in [5, 5.41) is 9.78. The molecule has 0 aromatic carbocycles. The maximum atomic E-state index is 12.8. The molecule has 1 aromatic heterocycles. The molecule has 1 aromatic rings. The normalized spacial score (nSPS) is 20.9. The Morgan fingerprint density at radius 3 is 2.52 bits per heavy atom. The zero-order valence-electron chi connectivity index (χ0n) is 13.9. The van der Waals surface area contributed by atoms with E-state index in [0.29, 0.717) is 12.6 Å². The summed E-state index contributed by atoms with van der Waals surface area (Å²) in [5.74, 6) is 0.316. The Hall–Kier alpha value is -1.29. The van der Waals surface area contributed by atoms with Gasteiger partial charge in [-0.15, -0.1) is 0 Å². The molecule has 1 fully saturated rings. The number of hydrogen-bond donors (Lipinski definition) is 1. The summed E-state index contributed by atoms with van der Waals surface area (Å²) in [5.41, 5.74) is 2.99. The van der Waals surface area contributed by atoms with Crippen LogP contribution < -0.4 is 0 Å². The van der Waals surface area contributed by atoms with Crippen LogP contribution in [0.2, 0.25) is 0 Å². The van der Waals surface area contributed by atoms with E-state index in [1.165, 1.54) is 0 Å². The van der Waals surface area contributed by atoms with Gasteiger partial charge < -0.3 is 14.6 Å². The first-order valence-electron chi connectivity index (χ1n) is 7.98. The Morgan fingerprint density at radius 2 is 2.00 bits per heavy atom. The molecule has 4 heteroatoms. The van der Waals surface area contributed by atoms with Gasteiger partial charge in [0, 0.05) is 36.4 Å². The number of hydrogen-bond acceptors (Lipinski definition) is 2. The van der Waals surface area contributed by atoms with Crippen LogP contribution >= 0.6 is 0 Å². The monoisotopic (exact) mass is 292 g/mol. The molecule has 1 aliphatic rings. The maximum Gasteiger partial charge on any atom is 0.255 e. The molecular formula is C17H28N2O2. The van der Waals surface area contributed by atoms with Crippen LogP contribution in [-0.4, -0.2) is 39.7 Å². The van der Waals surface area contributed by atoms with Gasteiger partial charge in [-0.3, -0.25) is 4.79 Å². The number of carbonyl (C=O) groups excluding carboxylic acids is 1. The Balaban J connectivity index is 2.22. The number of carbonyl (C=O) groups is 1. The van der Waals surface area contributed by atoms with Crippen molar-refractivity contribution in [3.63, 3.8) is 0 Å². The second kappa shape index (κ2) is 6.22. The SMILES string of the molecule is Cc1cc(C(=O)N2CCCC(C(C)O)C2)c(C)n1C(C)C. The number of piperidine rings is 1. The van der Waals surface area contributed by atoms with E-state index in [-0.39, 0.29) is 17.9 Å². The molecule has 0 spiro atoms. The van der Waals surface area contributed by atoms with Gasteiger partial charge in [0.25, 0.3) is 5.91 Å². The quantitative estimate of drug-likeness (QED) is 0.931. The highest BCUT2D eigenvalue weighted by molar-refractivity contribution is 5.95. The van der Waals surface area contributed by atoms with Crippen molar-refractivity contribution in [2.75, 3.05) is 13.1 Å². The molecule has 2 rings (SSSR count). The fourth-order valence-corrected chi connectivity index (χ4v) is 3.55. The molecule has 1 N–H and O–H groups in total. The van der Waals surface area contributed by atoms with Crippen LogP contribution in [0.15, 0.2) is 6.07 Å². The number of aromatic nitrogens is 1. The Labute approximate surface area is 127 Å². The Bertz CT molecular complexity index is 517. The lowest BCUT2D eigenvalue weighted by molar-refractivity contribution is 0.0465. The van der Waals surface area contributed by atoms with Crippen molar-refractivity contribution >= 4 is 5.91 Å². The molecule has 0 saturated carbocycles. The molecule has 2 heterocycles. The lowest BCUT2D eigenvalue weighted by atomic mass is 9.93. The van der Waals surface area contributed by atoms with Crippen LogP contribution in [0.1, 0.15) is 61.4 Å². The first kappa shape index (κ1) is 16.1. The number of aliphatic hydroxyl groups excluding tert-OH is 1. The van der Waals surface area contributed by atoms with Gasteiger partial charge in [-0.2, -0.15) is 0 Å². The summed E-state index contributed by atoms with van der Waals surface area (Å²) in [4.78, 5) is 14.7. The molecule has 0 aliphatic carbocycles. The van der Waals surface area contributed by atoms with Crippen LogP contribution in [0.4, 0.5) is 0 Å². The lowest BCUT2D eigenvalue weighted by Crippen LogP contribution is -2.43. The average molecular weight is 292 g/mol. The van der Waals surface area contributed by atoms with E-state index in [9.17, 15) is 9.90 Å². The van der Waals surface area contributed by atoms with Gasteiger partial charge >= 0.3 is 0 Å². The van der Waals surface area contributed by atoms with Gasteiger partial charge in [0.05, 0.1) is 11.7 Å². The minimum Gasteiger partial charge on any atom is -0.393 e. The molecule has 0 bridgehead atoms. The van der Waals surface area contributed by atoms with Crippen LogP contribution in [0.3, 0.4) is 0 Å². The average Bonchev–Trinajstić information content (AvgIpc) is 2.73. The topological polar surface area (TPSA) is 45.5 Å². The molecule has 118 valence electrons. The van der Waals surface area contributed by atoms with Crippen molar-refractivity contribution in [2.24, 2.45) is 5.92 Å². The van der Waals surface area contributed by atoms with E-state index in [0.717, 1.165) is 36.3 Å². The molecule has 2 unspecified atom stereocenters. The molecule has 0 radical (unpaired) electrons. The van der Waals surface area contributed by atoms with E-state index in [2.05, 4.69) is 25.3 Å².